The molecule has 0 unspecified atom stereocenters. The minimum absolute atomic E-state index is 0.258. The summed E-state index contributed by atoms with van der Waals surface area (Å²) in [5, 5.41) is 8.79. The van der Waals surface area contributed by atoms with Gasteiger partial charge in [0.2, 0.25) is 0 Å². The average molecular weight is 301 g/mol. The molecule has 0 saturated heterocycles. The summed E-state index contributed by atoms with van der Waals surface area (Å²) in [6.07, 6.45) is 5.59. The number of carboxylic acids is 1. The van der Waals surface area contributed by atoms with Crippen molar-refractivity contribution in [3.8, 4) is 0 Å². The first-order valence-corrected chi connectivity index (χ1v) is 7.90. The molecule has 0 rings (SSSR count). The van der Waals surface area contributed by atoms with E-state index >= 15 is 0 Å². The Morgan fingerprint density at radius 3 is 2.00 bits per heavy atom. The van der Waals surface area contributed by atoms with Crippen LogP contribution in [-0.4, -0.2) is 49.2 Å². The van der Waals surface area contributed by atoms with Crippen LogP contribution in [0.1, 0.15) is 52.4 Å². The van der Waals surface area contributed by atoms with Gasteiger partial charge in [0.25, 0.3) is 0 Å². The Kier molecular flexibility index (Phi) is 13.4. The Morgan fingerprint density at radius 2 is 1.57 bits per heavy atom. The molecule has 124 valence electrons. The van der Waals surface area contributed by atoms with E-state index in [1.807, 2.05) is 0 Å². The molecular formula is C16H31NO4. The Labute approximate surface area is 128 Å². The Bertz CT molecular complexity index is 269. The minimum Gasteiger partial charge on any atom is -0.478 e. The van der Waals surface area contributed by atoms with Crippen LogP contribution in [-0.2, 0) is 14.3 Å². The van der Waals surface area contributed by atoms with Crippen molar-refractivity contribution in [1.82, 2.24) is 4.90 Å². The second kappa shape index (κ2) is 14.0. The average Bonchev–Trinajstić information content (AvgIpc) is 2.46. The van der Waals surface area contributed by atoms with Gasteiger partial charge in [-0.3, -0.25) is 4.90 Å². The van der Waals surface area contributed by atoms with E-state index in [4.69, 9.17) is 14.6 Å². The number of ether oxygens (including phenoxy) is 2. The van der Waals surface area contributed by atoms with Crippen LogP contribution in [0.5, 0.6) is 0 Å². The predicted octanol–water partition coefficient (Wildman–Crippen LogP) is 3.26. The van der Waals surface area contributed by atoms with Crippen LogP contribution in [0.4, 0.5) is 0 Å². The first-order valence-electron chi connectivity index (χ1n) is 7.90. The highest BCUT2D eigenvalue weighted by Gasteiger charge is 2.08. The summed E-state index contributed by atoms with van der Waals surface area (Å²) in [6, 6.07) is 0. The summed E-state index contributed by atoms with van der Waals surface area (Å²) in [5.74, 6) is -0.917. The molecule has 0 radical (unpaired) electrons. The summed E-state index contributed by atoms with van der Waals surface area (Å²) in [5.41, 5.74) is 0.258. The molecule has 0 heterocycles. The number of unbranched alkanes of at least 4 members (excludes halogenated alkanes) is 2. The normalized spacial score (nSPS) is 11.0. The van der Waals surface area contributed by atoms with E-state index in [1.165, 1.54) is 0 Å². The number of carbonyl (C=O) groups is 1. The first-order chi connectivity index (χ1) is 10.1. The molecule has 0 aromatic carbocycles. The third-order valence-corrected chi connectivity index (χ3v) is 3.09. The molecule has 0 spiro atoms. The zero-order chi connectivity index (χ0) is 15.9. The van der Waals surface area contributed by atoms with Crippen LogP contribution in [0, 0.1) is 0 Å². The lowest BCUT2D eigenvalue weighted by Gasteiger charge is -2.22. The summed E-state index contributed by atoms with van der Waals surface area (Å²) in [7, 11) is 0. The van der Waals surface area contributed by atoms with Crippen molar-refractivity contribution in [2.24, 2.45) is 0 Å². The molecule has 0 amide bonds. The molecule has 0 aliphatic heterocycles. The van der Waals surface area contributed by atoms with E-state index < -0.39 is 5.97 Å². The van der Waals surface area contributed by atoms with Crippen LogP contribution in [0.2, 0.25) is 0 Å². The second-order valence-electron chi connectivity index (χ2n) is 5.19. The Balaban J connectivity index is 3.92. The molecule has 0 fully saturated rings. The molecule has 21 heavy (non-hydrogen) atoms. The number of rotatable bonds is 15. The summed E-state index contributed by atoms with van der Waals surface area (Å²) < 4.78 is 11.2. The van der Waals surface area contributed by atoms with Crippen LogP contribution >= 0.6 is 0 Å². The minimum atomic E-state index is -0.917. The maximum Gasteiger partial charge on any atom is 0.330 e. The van der Waals surface area contributed by atoms with E-state index in [1.54, 1.807) is 0 Å². The van der Waals surface area contributed by atoms with E-state index in [-0.39, 0.29) is 5.57 Å². The van der Waals surface area contributed by atoms with Gasteiger partial charge in [-0.1, -0.05) is 33.3 Å². The smallest absolute Gasteiger partial charge is 0.330 e. The van der Waals surface area contributed by atoms with Crippen LogP contribution in [0.25, 0.3) is 0 Å². The van der Waals surface area contributed by atoms with Crippen molar-refractivity contribution in [2.75, 3.05) is 33.2 Å². The zero-order valence-corrected chi connectivity index (χ0v) is 13.6. The van der Waals surface area contributed by atoms with Crippen molar-refractivity contribution in [2.45, 2.75) is 52.4 Å². The topological polar surface area (TPSA) is 59.0 Å². The van der Waals surface area contributed by atoms with Crippen LogP contribution in [0.3, 0.4) is 0 Å². The quantitative estimate of drug-likeness (QED) is 0.286. The van der Waals surface area contributed by atoms with E-state index in [9.17, 15) is 4.79 Å². The van der Waals surface area contributed by atoms with Crippen LogP contribution < -0.4 is 0 Å². The third kappa shape index (κ3) is 12.5. The summed E-state index contributed by atoms with van der Waals surface area (Å²) in [6.45, 7) is 11.1. The van der Waals surface area contributed by atoms with Gasteiger partial charge >= 0.3 is 5.97 Å². The number of carboxylic acid groups (broad SMARTS) is 1. The Morgan fingerprint density at radius 1 is 1.05 bits per heavy atom. The molecule has 0 aromatic heterocycles. The molecule has 0 aromatic rings. The molecule has 1 N–H and O–H groups in total. The lowest BCUT2D eigenvalue weighted by Crippen LogP contribution is -2.30. The van der Waals surface area contributed by atoms with Crippen molar-refractivity contribution in [3.63, 3.8) is 0 Å². The van der Waals surface area contributed by atoms with E-state index in [0.29, 0.717) is 19.9 Å². The van der Waals surface area contributed by atoms with Gasteiger partial charge in [0.05, 0.1) is 0 Å². The maximum atomic E-state index is 10.7. The van der Waals surface area contributed by atoms with Gasteiger partial charge in [0.1, 0.15) is 13.5 Å². The molecule has 0 bridgehead atoms. The lowest BCUT2D eigenvalue weighted by atomic mass is 10.1. The van der Waals surface area contributed by atoms with Crippen molar-refractivity contribution in [3.05, 3.63) is 12.2 Å². The van der Waals surface area contributed by atoms with Gasteiger partial charge in [-0.05, 0) is 25.7 Å². The monoisotopic (exact) mass is 301 g/mol. The van der Waals surface area contributed by atoms with Gasteiger partial charge < -0.3 is 14.6 Å². The number of nitrogens with zero attached hydrogens (tertiary/aromatic N) is 1. The van der Waals surface area contributed by atoms with Gasteiger partial charge in [-0.2, -0.15) is 0 Å². The molecular weight excluding hydrogens is 270 g/mol. The summed E-state index contributed by atoms with van der Waals surface area (Å²) >= 11 is 0. The Hall–Kier alpha value is -0.910. The van der Waals surface area contributed by atoms with E-state index in [2.05, 4.69) is 25.3 Å². The molecule has 0 atom stereocenters. The standard InChI is InChI=1S/C16H31NO4/c1-4-6-11-20-13-17(14-21-12-7-5-2)10-8-9-15(3)16(18)19/h3-14H2,1-2H3,(H,18,19). The molecule has 0 aliphatic carbocycles. The molecule has 5 heteroatoms. The highest BCUT2D eigenvalue weighted by Crippen LogP contribution is 2.05. The second-order valence-corrected chi connectivity index (χ2v) is 5.19. The third-order valence-electron chi connectivity index (χ3n) is 3.09. The van der Waals surface area contributed by atoms with Crippen LogP contribution in [0.15, 0.2) is 12.2 Å². The highest BCUT2D eigenvalue weighted by molar-refractivity contribution is 5.85. The fraction of sp³-hybridized carbons (Fsp3) is 0.812. The molecule has 5 nitrogen and oxygen atoms in total. The van der Waals surface area contributed by atoms with Gasteiger partial charge in [-0.25, -0.2) is 4.79 Å². The van der Waals surface area contributed by atoms with Gasteiger partial charge in [-0.15, -0.1) is 0 Å². The van der Waals surface area contributed by atoms with E-state index in [0.717, 1.165) is 51.9 Å². The predicted molar refractivity (Wildman–Crippen MR) is 84.2 cm³/mol. The SMILES string of the molecule is C=C(CCCN(COCCCC)COCCCC)C(=O)O. The number of hydrogen-bond donors (Lipinski definition) is 1. The maximum absolute atomic E-state index is 10.7. The van der Waals surface area contributed by atoms with Crippen molar-refractivity contribution in [1.29, 1.82) is 0 Å². The fourth-order valence-electron chi connectivity index (χ4n) is 1.67. The lowest BCUT2D eigenvalue weighted by molar-refractivity contribution is -0.132. The number of aliphatic carboxylic acids is 1. The zero-order valence-electron chi connectivity index (χ0n) is 13.6. The van der Waals surface area contributed by atoms with Gasteiger partial charge in [0, 0.05) is 25.3 Å². The first kappa shape index (κ1) is 20.1. The summed E-state index contributed by atoms with van der Waals surface area (Å²) in [4.78, 5) is 12.8. The fourth-order valence-corrected chi connectivity index (χ4v) is 1.67. The van der Waals surface area contributed by atoms with Crippen molar-refractivity contribution >= 4 is 5.97 Å². The largest absolute Gasteiger partial charge is 0.478 e. The van der Waals surface area contributed by atoms with Crippen molar-refractivity contribution < 1.29 is 19.4 Å². The number of hydrogen-bond acceptors (Lipinski definition) is 4. The highest BCUT2D eigenvalue weighted by atomic mass is 16.5. The van der Waals surface area contributed by atoms with Gasteiger partial charge in [0.15, 0.2) is 0 Å². The molecule has 0 aliphatic rings. The molecule has 0 saturated carbocycles.